The summed E-state index contributed by atoms with van der Waals surface area (Å²) in [5.41, 5.74) is 6.02. The predicted molar refractivity (Wildman–Crippen MR) is 65.3 cm³/mol. The first-order valence-electron chi connectivity index (χ1n) is 5.85. The summed E-state index contributed by atoms with van der Waals surface area (Å²) in [5, 5.41) is 6.37. The van der Waals surface area contributed by atoms with E-state index in [0.717, 1.165) is 0 Å². The second-order valence-electron chi connectivity index (χ2n) is 4.29. The lowest BCUT2D eigenvalue weighted by Crippen LogP contribution is -2.41. The van der Waals surface area contributed by atoms with Crippen LogP contribution in [0.1, 0.15) is 18.4 Å². The van der Waals surface area contributed by atoms with Crippen LogP contribution in [0.5, 0.6) is 0 Å². The van der Waals surface area contributed by atoms with Crippen LogP contribution >= 0.6 is 0 Å². The molecular formula is C10H18N4O3S. The van der Waals surface area contributed by atoms with Gasteiger partial charge in [-0.15, -0.1) is 0 Å². The zero-order chi connectivity index (χ0) is 13.2. The standard InChI is InChI=1S/C10H18N4O3S/c1-14(9-2-4-17-5-3-9)18(15,16)10-8(6-11)7-12-13-10/h7,9H,2-6,11H2,1H3,(H,12,13). The fourth-order valence-electron chi connectivity index (χ4n) is 2.06. The molecule has 0 radical (unpaired) electrons. The highest BCUT2D eigenvalue weighted by atomic mass is 32.2. The van der Waals surface area contributed by atoms with Gasteiger partial charge in [0.15, 0.2) is 5.03 Å². The van der Waals surface area contributed by atoms with Crippen molar-refractivity contribution < 1.29 is 13.2 Å². The molecule has 1 aromatic rings. The fourth-order valence-corrected chi connectivity index (χ4v) is 3.58. The molecule has 1 aliphatic rings. The van der Waals surface area contributed by atoms with E-state index in [1.807, 2.05) is 0 Å². The molecule has 102 valence electrons. The van der Waals surface area contributed by atoms with E-state index in [4.69, 9.17) is 10.5 Å². The molecule has 0 bridgehead atoms. The number of sulfonamides is 1. The molecule has 0 amide bonds. The Balaban J connectivity index is 2.24. The largest absolute Gasteiger partial charge is 0.381 e. The SMILES string of the molecule is CN(C1CCOCC1)S(=O)(=O)c1[nH]ncc1CN. The first-order valence-corrected chi connectivity index (χ1v) is 7.29. The number of hydrogen-bond donors (Lipinski definition) is 2. The summed E-state index contributed by atoms with van der Waals surface area (Å²) in [5.74, 6) is 0. The van der Waals surface area contributed by atoms with Crippen LogP contribution in [0.4, 0.5) is 0 Å². The second-order valence-corrected chi connectivity index (χ2v) is 6.23. The van der Waals surface area contributed by atoms with E-state index in [1.54, 1.807) is 7.05 Å². The molecule has 3 N–H and O–H groups in total. The minimum atomic E-state index is -3.56. The van der Waals surface area contributed by atoms with Crippen molar-refractivity contribution in [3.05, 3.63) is 11.8 Å². The van der Waals surface area contributed by atoms with Crippen LogP contribution in [0, 0.1) is 0 Å². The predicted octanol–water partition coefficient (Wildman–Crippen LogP) is -0.332. The van der Waals surface area contributed by atoms with E-state index < -0.39 is 10.0 Å². The number of rotatable bonds is 4. The summed E-state index contributed by atoms with van der Waals surface area (Å²) in [6, 6.07) is -0.0299. The van der Waals surface area contributed by atoms with Gasteiger partial charge in [-0.05, 0) is 12.8 Å². The summed E-state index contributed by atoms with van der Waals surface area (Å²) in [6.07, 6.45) is 2.87. The number of aromatic nitrogens is 2. The average molecular weight is 274 g/mol. The first kappa shape index (κ1) is 13.5. The Morgan fingerprint density at radius 3 is 2.83 bits per heavy atom. The van der Waals surface area contributed by atoms with E-state index in [9.17, 15) is 8.42 Å². The molecule has 1 aliphatic heterocycles. The normalized spacial score (nSPS) is 18.4. The molecule has 0 unspecified atom stereocenters. The first-order chi connectivity index (χ1) is 8.57. The lowest BCUT2D eigenvalue weighted by Gasteiger charge is -2.30. The van der Waals surface area contributed by atoms with E-state index in [1.165, 1.54) is 10.5 Å². The van der Waals surface area contributed by atoms with Crippen LogP contribution in [0.15, 0.2) is 11.2 Å². The third-order valence-electron chi connectivity index (χ3n) is 3.24. The number of nitrogens with zero attached hydrogens (tertiary/aromatic N) is 2. The Morgan fingerprint density at radius 2 is 2.22 bits per heavy atom. The Kier molecular flexibility index (Phi) is 4.00. The summed E-state index contributed by atoms with van der Waals surface area (Å²) in [6.45, 7) is 1.33. The highest BCUT2D eigenvalue weighted by Crippen LogP contribution is 2.22. The molecule has 7 nitrogen and oxygen atoms in total. The van der Waals surface area contributed by atoms with Crippen molar-refractivity contribution in [2.45, 2.75) is 30.5 Å². The monoisotopic (exact) mass is 274 g/mol. The minimum absolute atomic E-state index is 0.0299. The Labute approximate surface area is 106 Å². The zero-order valence-corrected chi connectivity index (χ0v) is 11.1. The Bertz CT molecular complexity index is 493. The third-order valence-corrected chi connectivity index (χ3v) is 5.17. The molecule has 0 atom stereocenters. The Morgan fingerprint density at radius 1 is 1.56 bits per heavy atom. The van der Waals surface area contributed by atoms with Gasteiger partial charge in [0.1, 0.15) is 0 Å². The molecule has 2 heterocycles. The van der Waals surface area contributed by atoms with Gasteiger partial charge in [0, 0.05) is 38.4 Å². The molecule has 1 saturated heterocycles. The molecule has 0 spiro atoms. The smallest absolute Gasteiger partial charge is 0.260 e. The third kappa shape index (κ3) is 2.41. The van der Waals surface area contributed by atoms with Gasteiger partial charge in [-0.1, -0.05) is 0 Å². The van der Waals surface area contributed by atoms with Gasteiger partial charge in [-0.2, -0.15) is 9.40 Å². The zero-order valence-electron chi connectivity index (χ0n) is 10.3. The number of nitrogens with two attached hydrogens (primary N) is 1. The van der Waals surface area contributed by atoms with E-state index in [-0.39, 0.29) is 17.6 Å². The van der Waals surface area contributed by atoms with Crippen LogP contribution in [0.3, 0.4) is 0 Å². The summed E-state index contributed by atoms with van der Waals surface area (Å²) in [7, 11) is -1.97. The van der Waals surface area contributed by atoms with Gasteiger partial charge in [0.05, 0.1) is 6.20 Å². The lowest BCUT2D eigenvalue weighted by molar-refractivity contribution is 0.0631. The van der Waals surface area contributed by atoms with Gasteiger partial charge in [0.2, 0.25) is 0 Å². The number of ether oxygens (including phenoxy) is 1. The summed E-state index contributed by atoms with van der Waals surface area (Å²) >= 11 is 0. The topological polar surface area (TPSA) is 101 Å². The molecule has 18 heavy (non-hydrogen) atoms. The van der Waals surface area contributed by atoms with Crippen molar-refractivity contribution in [2.75, 3.05) is 20.3 Å². The van der Waals surface area contributed by atoms with Crippen molar-refractivity contribution in [1.29, 1.82) is 0 Å². The molecular weight excluding hydrogens is 256 g/mol. The number of hydrogen-bond acceptors (Lipinski definition) is 5. The van der Waals surface area contributed by atoms with Crippen molar-refractivity contribution in [2.24, 2.45) is 5.73 Å². The van der Waals surface area contributed by atoms with Crippen LogP contribution in [0.2, 0.25) is 0 Å². The molecule has 0 saturated carbocycles. The maximum atomic E-state index is 12.4. The molecule has 1 aromatic heterocycles. The van der Waals surface area contributed by atoms with Crippen molar-refractivity contribution >= 4 is 10.0 Å². The molecule has 8 heteroatoms. The molecule has 1 fully saturated rings. The lowest BCUT2D eigenvalue weighted by atomic mass is 10.1. The van der Waals surface area contributed by atoms with Crippen molar-refractivity contribution in [3.8, 4) is 0 Å². The van der Waals surface area contributed by atoms with Crippen molar-refractivity contribution in [3.63, 3.8) is 0 Å². The maximum Gasteiger partial charge on any atom is 0.260 e. The second kappa shape index (κ2) is 5.35. The van der Waals surface area contributed by atoms with Crippen LogP contribution in [-0.4, -0.2) is 49.2 Å². The summed E-state index contributed by atoms with van der Waals surface area (Å²) < 4.78 is 31.5. The van der Waals surface area contributed by atoms with Gasteiger partial charge in [-0.25, -0.2) is 8.42 Å². The van der Waals surface area contributed by atoms with Crippen molar-refractivity contribution in [1.82, 2.24) is 14.5 Å². The van der Waals surface area contributed by atoms with E-state index in [0.29, 0.717) is 31.6 Å². The average Bonchev–Trinajstić information content (AvgIpc) is 2.88. The van der Waals surface area contributed by atoms with E-state index in [2.05, 4.69) is 10.2 Å². The van der Waals surface area contributed by atoms with Crippen LogP contribution in [0.25, 0.3) is 0 Å². The fraction of sp³-hybridized carbons (Fsp3) is 0.700. The van der Waals surface area contributed by atoms with Gasteiger partial charge in [0.25, 0.3) is 10.0 Å². The van der Waals surface area contributed by atoms with Gasteiger partial charge in [-0.3, -0.25) is 5.10 Å². The molecule has 0 aliphatic carbocycles. The number of aromatic amines is 1. The Hall–Kier alpha value is -0.960. The number of nitrogens with one attached hydrogen (secondary N) is 1. The highest BCUT2D eigenvalue weighted by Gasteiger charge is 2.31. The number of H-pyrrole nitrogens is 1. The van der Waals surface area contributed by atoms with E-state index >= 15 is 0 Å². The highest BCUT2D eigenvalue weighted by molar-refractivity contribution is 7.89. The minimum Gasteiger partial charge on any atom is -0.381 e. The quantitative estimate of drug-likeness (QED) is 0.782. The van der Waals surface area contributed by atoms with Gasteiger partial charge >= 0.3 is 0 Å². The molecule has 0 aromatic carbocycles. The van der Waals surface area contributed by atoms with Crippen LogP contribution in [-0.2, 0) is 21.3 Å². The van der Waals surface area contributed by atoms with Crippen LogP contribution < -0.4 is 5.73 Å². The van der Waals surface area contributed by atoms with Gasteiger partial charge < -0.3 is 10.5 Å². The molecule has 2 rings (SSSR count). The maximum absolute atomic E-state index is 12.4. The summed E-state index contributed by atoms with van der Waals surface area (Å²) in [4.78, 5) is 0.